The van der Waals surface area contributed by atoms with Crippen molar-refractivity contribution < 1.29 is 43.2 Å². The summed E-state index contributed by atoms with van der Waals surface area (Å²) in [6.45, 7) is 3.51. The summed E-state index contributed by atoms with van der Waals surface area (Å²) in [4.78, 5) is 6.72. The Morgan fingerprint density at radius 1 is 1.05 bits per heavy atom. The molecule has 0 aliphatic heterocycles. The van der Waals surface area contributed by atoms with Crippen molar-refractivity contribution in [1.82, 2.24) is 14.1 Å². The van der Waals surface area contributed by atoms with Gasteiger partial charge in [-0.05, 0) is 6.08 Å². The first-order chi connectivity index (χ1) is 9.64. The molecule has 128 valence electrons. The van der Waals surface area contributed by atoms with Gasteiger partial charge in [-0.2, -0.15) is 26.3 Å². The van der Waals surface area contributed by atoms with Crippen molar-refractivity contribution >= 4 is 26.1 Å². The Balaban J connectivity index is 0.000000518. The van der Waals surface area contributed by atoms with Gasteiger partial charge in [-0.15, -0.1) is 0 Å². The highest BCUT2D eigenvalue weighted by atomic mass is 32.3. The predicted octanol–water partition coefficient (Wildman–Crippen LogP) is 1.33. The third-order valence-electron chi connectivity index (χ3n) is 1.54. The van der Waals surface area contributed by atoms with Crippen LogP contribution < -0.4 is 4.13 Å². The number of imidazole rings is 1. The van der Waals surface area contributed by atoms with Crippen LogP contribution in [-0.4, -0.2) is 37.8 Å². The normalized spacial score (nSPS) is 13.2. The fourth-order valence-corrected chi connectivity index (χ4v) is 2.54. The lowest BCUT2D eigenvalue weighted by Crippen LogP contribution is -2.45. The van der Waals surface area contributed by atoms with Gasteiger partial charge in [0.15, 0.2) is 0 Å². The topological polar surface area (TPSA) is 109 Å². The fourth-order valence-electron chi connectivity index (χ4n) is 0.628. The maximum absolute atomic E-state index is 11.5. The van der Waals surface area contributed by atoms with Gasteiger partial charge in [0.1, 0.15) is 5.82 Å². The van der Waals surface area contributed by atoms with Crippen LogP contribution in [-0.2, 0) is 20.0 Å². The van der Waals surface area contributed by atoms with Gasteiger partial charge in [0.2, 0.25) is 0 Å². The van der Waals surface area contributed by atoms with Crippen molar-refractivity contribution in [2.75, 3.05) is 0 Å². The smallest absolute Gasteiger partial charge is 0.345 e. The summed E-state index contributed by atoms with van der Waals surface area (Å²) < 4.78 is 108. The Hall–Kier alpha value is -1.61. The van der Waals surface area contributed by atoms with E-state index in [4.69, 9.17) is 0 Å². The van der Waals surface area contributed by atoms with E-state index in [0.29, 0.717) is 0 Å². The average molecular weight is 375 g/mol. The van der Waals surface area contributed by atoms with E-state index in [9.17, 15) is 43.2 Å². The molecule has 0 fully saturated rings. The molecule has 0 saturated carbocycles. The molecule has 1 aromatic rings. The number of hydrogen-bond acceptors (Lipinski definition) is 5. The van der Waals surface area contributed by atoms with E-state index >= 15 is 0 Å². The second-order valence-corrected chi connectivity index (χ2v) is 6.77. The zero-order valence-corrected chi connectivity index (χ0v) is 11.7. The second-order valence-electron chi connectivity index (χ2n) is 3.16. The van der Waals surface area contributed by atoms with Crippen molar-refractivity contribution in [1.29, 1.82) is 0 Å². The van der Waals surface area contributed by atoms with Crippen LogP contribution in [0.3, 0.4) is 0 Å². The molecule has 1 heterocycles. The number of hydrogen-bond donors (Lipinski definition) is 2. The summed E-state index contributed by atoms with van der Waals surface area (Å²) in [7, 11) is -13.2. The summed E-state index contributed by atoms with van der Waals surface area (Å²) in [5.41, 5.74) is -12.3. The van der Waals surface area contributed by atoms with Gasteiger partial charge in [0.05, 0.1) is 0 Å². The molecule has 0 aliphatic rings. The Morgan fingerprint density at radius 3 is 1.64 bits per heavy atom. The Kier molecular flexibility index (Phi) is 6.17. The van der Waals surface area contributed by atoms with Crippen LogP contribution in [0.5, 0.6) is 0 Å². The van der Waals surface area contributed by atoms with Gasteiger partial charge < -0.3 is 4.98 Å². The van der Waals surface area contributed by atoms with E-state index in [0.717, 1.165) is 5.82 Å². The summed E-state index contributed by atoms with van der Waals surface area (Å²) in [5.74, 6) is 0.819. The van der Waals surface area contributed by atoms with E-state index in [-0.39, 0.29) is 0 Å². The number of halogens is 6. The molecule has 0 unspecified atom stereocenters. The van der Waals surface area contributed by atoms with Gasteiger partial charge >= 0.3 is 31.1 Å². The lowest BCUT2D eigenvalue weighted by atomic mass is 10.6. The molecule has 15 heteroatoms. The van der Waals surface area contributed by atoms with Crippen LogP contribution in [0.1, 0.15) is 5.82 Å². The van der Waals surface area contributed by atoms with Gasteiger partial charge in [0.25, 0.3) is 0 Å². The molecule has 0 amide bonds. The molecule has 0 atom stereocenters. The SMILES string of the molecule is C=Cc1ncc[nH]1.O=S(=O)(NS(=O)(=O)C(F)(F)F)C(F)(F)F. The van der Waals surface area contributed by atoms with Crippen LogP contribution in [0.4, 0.5) is 26.3 Å². The molecule has 7 nitrogen and oxygen atoms in total. The molecule has 0 spiro atoms. The van der Waals surface area contributed by atoms with Crippen molar-refractivity contribution in [3.8, 4) is 0 Å². The van der Waals surface area contributed by atoms with Gasteiger partial charge in [0, 0.05) is 12.4 Å². The Labute approximate surface area is 120 Å². The molecule has 0 radical (unpaired) electrons. The van der Waals surface area contributed by atoms with E-state index in [1.54, 1.807) is 18.5 Å². The summed E-state index contributed by atoms with van der Waals surface area (Å²) in [6.07, 6.45) is 5.12. The van der Waals surface area contributed by atoms with Gasteiger partial charge in [-0.3, -0.25) is 0 Å². The largest absolute Gasteiger partial charge is 0.512 e. The monoisotopic (exact) mass is 375 g/mol. The minimum Gasteiger partial charge on any atom is -0.345 e. The summed E-state index contributed by atoms with van der Waals surface area (Å²) >= 11 is 0. The first-order valence-corrected chi connectivity index (χ1v) is 7.63. The van der Waals surface area contributed by atoms with E-state index in [1.807, 2.05) is 0 Å². The number of alkyl halides is 6. The predicted molar refractivity (Wildman–Crippen MR) is 61.8 cm³/mol. The zero-order valence-electron chi connectivity index (χ0n) is 10.1. The molecule has 0 bridgehead atoms. The number of sulfonamides is 2. The van der Waals surface area contributed by atoms with Crippen LogP contribution in [0.15, 0.2) is 19.0 Å². The zero-order chi connectivity index (χ0) is 17.8. The van der Waals surface area contributed by atoms with Crippen molar-refractivity contribution in [2.45, 2.75) is 11.0 Å². The number of nitrogens with zero attached hydrogens (tertiary/aromatic N) is 1. The molecular formula is C7H7F6N3O4S2. The van der Waals surface area contributed by atoms with Crippen LogP contribution in [0.2, 0.25) is 0 Å². The van der Waals surface area contributed by atoms with Gasteiger partial charge in [-0.25, -0.2) is 21.8 Å². The fraction of sp³-hybridized carbons (Fsp3) is 0.286. The molecule has 0 aromatic carbocycles. The number of H-pyrrole nitrogens is 1. The number of aromatic amines is 1. The van der Waals surface area contributed by atoms with Gasteiger partial charge in [-0.1, -0.05) is 10.7 Å². The molecule has 0 aliphatic carbocycles. The molecule has 2 N–H and O–H groups in total. The average Bonchev–Trinajstić information content (AvgIpc) is 2.77. The van der Waals surface area contributed by atoms with Crippen LogP contribution >= 0.6 is 0 Å². The lowest BCUT2D eigenvalue weighted by molar-refractivity contribution is -0.0476. The minimum atomic E-state index is -6.60. The maximum atomic E-state index is 11.5. The minimum absolute atomic E-state index is 0.493. The Morgan fingerprint density at radius 2 is 1.45 bits per heavy atom. The quantitative estimate of drug-likeness (QED) is 0.775. The van der Waals surface area contributed by atoms with Crippen molar-refractivity contribution in [2.24, 2.45) is 0 Å². The summed E-state index contributed by atoms with van der Waals surface area (Å²) in [6, 6.07) is 0. The molecule has 0 saturated heterocycles. The molecule has 22 heavy (non-hydrogen) atoms. The standard InChI is InChI=1S/C5H6N2.C2HF6NO4S2/c1-2-5-6-3-4-7-5;3-1(4,5)14(10,11)9-15(12,13)2(6,7)8/h2-4H,1H2,(H,6,7);9H. The Bertz CT molecular complexity index is 648. The highest BCUT2D eigenvalue weighted by molar-refractivity contribution is 8.05. The van der Waals surface area contributed by atoms with E-state index < -0.39 is 35.2 Å². The van der Waals surface area contributed by atoms with Crippen molar-refractivity contribution in [3.05, 3.63) is 24.8 Å². The highest BCUT2D eigenvalue weighted by Gasteiger charge is 2.55. The van der Waals surface area contributed by atoms with E-state index in [1.165, 1.54) is 0 Å². The number of aromatic nitrogens is 2. The van der Waals surface area contributed by atoms with Crippen molar-refractivity contribution in [3.63, 3.8) is 0 Å². The molecular weight excluding hydrogens is 368 g/mol. The third kappa shape index (κ3) is 5.64. The van der Waals surface area contributed by atoms with Crippen LogP contribution in [0.25, 0.3) is 6.08 Å². The number of nitrogens with one attached hydrogen (secondary N) is 2. The second kappa shape index (κ2) is 6.66. The number of rotatable bonds is 3. The lowest BCUT2D eigenvalue weighted by Gasteiger charge is -2.11. The molecule has 1 aromatic heterocycles. The first-order valence-electron chi connectivity index (χ1n) is 4.67. The maximum Gasteiger partial charge on any atom is 0.512 e. The van der Waals surface area contributed by atoms with E-state index in [2.05, 4.69) is 16.5 Å². The highest BCUT2D eigenvalue weighted by Crippen LogP contribution is 2.27. The molecule has 1 rings (SSSR count). The third-order valence-corrected chi connectivity index (χ3v) is 4.52. The summed E-state index contributed by atoms with van der Waals surface area (Å²) in [5, 5.41) is 0. The van der Waals surface area contributed by atoms with Crippen LogP contribution in [0, 0.1) is 0 Å². The first kappa shape index (κ1) is 20.4.